The molecule has 1 saturated heterocycles. The number of benzene rings is 2. The predicted molar refractivity (Wildman–Crippen MR) is 122 cm³/mol. The van der Waals surface area contributed by atoms with Crippen LogP contribution >= 0.6 is 12.4 Å². The molecule has 2 aromatic heterocycles. The third kappa shape index (κ3) is 3.66. The molecule has 0 atom stereocenters. The van der Waals surface area contributed by atoms with Crippen molar-refractivity contribution >= 4 is 34.7 Å². The molecule has 3 heterocycles. The average Bonchev–Trinajstić information content (AvgIpc) is 3.11. The van der Waals surface area contributed by atoms with Gasteiger partial charge in [-0.3, -0.25) is 4.98 Å². The Morgan fingerprint density at radius 2 is 1.38 bits per heavy atom. The van der Waals surface area contributed by atoms with E-state index in [9.17, 15) is 0 Å². The number of nitrogens with zero attached hydrogens (tertiary/aromatic N) is 5. The lowest BCUT2D eigenvalue weighted by atomic mass is 10.1. The van der Waals surface area contributed by atoms with Crippen LogP contribution in [-0.2, 0) is 0 Å². The first-order valence-corrected chi connectivity index (χ1v) is 9.74. The van der Waals surface area contributed by atoms with E-state index in [1.54, 1.807) is 0 Å². The monoisotopic (exact) mass is 405 g/mol. The molecule has 0 radical (unpaired) electrons. The first-order chi connectivity index (χ1) is 13.8. The molecular formula is C23H24ClN5. The van der Waals surface area contributed by atoms with Gasteiger partial charge in [0.15, 0.2) is 0 Å². The van der Waals surface area contributed by atoms with Gasteiger partial charge in [-0.25, -0.2) is 4.68 Å². The van der Waals surface area contributed by atoms with E-state index in [0.29, 0.717) is 0 Å². The molecule has 0 aliphatic carbocycles. The van der Waals surface area contributed by atoms with Gasteiger partial charge in [-0.2, -0.15) is 5.10 Å². The number of pyridine rings is 1. The van der Waals surface area contributed by atoms with E-state index in [2.05, 4.69) is 81.0 Å². The summed E-state index contributed by atoms with van der Waals surface area (Å²) < 4.78 is 2.06. The third-order valence-corrected chi connectivity index (χ3v) is 5.52. The number of fused-ring (bicyclic) bond motifs is 1. The minimum Gasteiger partial charge on any atom is -0.368 e. The van der Waals surface area contributed by atoms with Gasteiger partial charge in [-0.05, 0) is 49.4 Å². The molecule has 0 N–H and O–H groups in total. The number of aromatic nitrogens is 3. The smallest absolute Gasteiger partial charge is 0.0764 e. The zero-order chi connectivity index (χ0) is 18.9. The molecule has 1 aliphatic heterocycles. The molecule has 2 aromatic carbocycles. The van der Waals surface area contributed by atoms with Gasteiger partial charge >= 0.3 is 0 Å². The van der Waals surface area contributed by atoms with Crippen molar-refractivity contribution in [2.75, 3.05) is 36.0 Å². The molecular weight excluding hydrogens is 382 g/mol. The third-order valence-electron chi connectivity index (χ3n) is 5.52. The second-order valence-corrected chi connectivity index (χ2v) is 7.21. The lowest BCUT2D eigenvalue weighted by Crippen LogP contribution is -2.46. The fourth-order valence-electron chi connectivity index (χ4n) is 4.00. The van der Waals surface area contributed by atoms with E-state index in [0.717, 1.165) is 43.1 Å². The van der Waals surface area contributed by atoms with Crippen LogP contribution in [0.1, 0.15) is 5.69 Å². The van der Waals surface area contributed by atoms with E-state index in [-0.39, 0.29) is 12.4 Å². The highest BCUT2D eigenvalue weighted by molar-refractivity contribution is 5.86. The maximum Gasteiger partial charge on any atom is 0.0764 e. The molecule has 1 fully saturated rings. The summed E-state index contributed by atoms with van der Waals surface area (Å²) in [5.41, 5.74) is 5.84. The van der Waals surface area contributed by atoms with Gasteiger partial charge in [0.2, 0.25) is 0 Å². The Hall–Kier alpha value is -3.05. The van der Waals surface area contributed by atoms with Crippen molar-refractivity contribution in [3.8, 4) is 5.69 Å². The largest absolute Gasteiger partial charge is 0.368 e. The lowest BCUT2D eigenvalue weighted by molar-refractivity contribution is 0.653. The maximum atomic E-state index is 4.78. The van der Waals surface area contributed by atoms with Crippen LogP contribution in [0.2, 0.25) is 0 Å². The fraction of sp³-hybridized carbons (Fsp3) is 0.217. The second-order valence-electron chi connectivity index (χ2n) is 7.21. The number of piperazine rings is 1. The first kappa shape index (κ1) is 19.3. The molecule has 6 heteroatoms. The Morgan fingerprint density at radius 1 is 0.724 bits per heavy atom. The Kier molecular flexibility index (Phi) is 5.41. The molecule has 0 saturated carbocycles. The van der Waals surface area contributed by atoms with Crippen LogP contribution in [0.25, 0.3) is 16.6 Å². The average molecular weight is 406 g/mol. The molecule has 0 unspecified atom stereocenters. The fourth-order valence-corrected chi connectivity index (χ4v) is 4.00. The Labute approximate surface area is 177 Å². The normalized spacial score (nSPS) is 14.1. The molecule has 0 amide bonds. The summed E-state index contributed by atoms with van der Waals surface area (Å²) in [5.74, 6) is 0. The summed E-state index contributed by atoms with van der Waals surface area (Å²) >= 11 is 0. The van der Waals surface area contributed by atoms with Gasteiger partial charge in [-0.15, -0.1) is 12.4 Å². The van der Waals surface area contributed by atoms with E-state index in [4.69, 9.17) is 5.10 Å². The summed E-state index contributed by atoms with van der Waals surface area (Å²) in [6.45, 7) is 6.12. The number of halogens is 1. The number of anilines is 2. The van der Waals surface area contributed by atoms with Crippen LogP contribution in [-0.4, -0.2) is 40.9 Å². The van der Waals surface area contributed by atoms with Crippen LogP contribution in [0, 0.1) is 6.92 Å². The van der Waals surface area contributed by atoms with Crippen molar-refractivity contribution < 1.29 is 0 Å². The van der Waals surface area contributed by atoms with Crippen LogP contribution < -0.4 is 9.80 Å². The highest BCUT2D eigenvalue weighted by atomic mass is 35.5. The maximum absolute atomic E-state index is 4.78. The summed E-state index contributed by atoms with van der Waals surface area (Å²) in [5, 5.41) is 5.99. The lowest BCUT2D eigenvalue weighted by Gasteiger charge is -2.37. The molecule has 29 heavy (non-hydrogen) atoms. The summed E-state index contributed by atoms with van der Waals surface area (Å²) in [4.78, 5) is 9.01. The van der Waals surface area contributed by atoms with E-state index < -0.39 is 0 Å². The van der Waals surface area contributed by atoms with Crippen molar-refractivity contribution in [2.45, 2.75) is 6.92 Å². The van der Waals surface area contributed by atoms with Gasteiger partial charge in [0, 0.05) is 55.3 Å². The summed E-state index contributed by atoms with van der Waals surface area (Å²) in [6, 6.07) is 21.3. The van der Waals surface area contributed by atoms with Gasteiger partial charge in [0.05, 0.1) is 16.9 Å². The van der Waals surface area contributed by atoms with Crippen LogP contribution in [0.4, 0.5) is 11.4 Å². The molecule has 5 nitrogen and oxygen atoms in total. The first-order valence-electron chi connectivity index (χ1n) is 9.74. The topological polar surface area (TPSA) is 37.2 Å². The number of para-hydroxylation sites is 1. The molecule has 1 aliphatic rings. The molecule has 4 aromatic rings. The zero-order valence-corrected chi connectivity index (χ0v) is 17.2. The number of aryl methyl sites for hydroxylation is 1. The van der Waals surface area contributed by atoms with E-state index >= 15 is 0 Å². The van der Waals surface area contributed by atoms with Crippen LogP contribution in [0.15, 0.2) is 73.1 Å². The molecule has 0 bridgehead atoms. The highest BCUT2D eigenvalue weighted by Gasteiger charge is 2.19. The second kappa shape index (κ2) is 8.13. The SMILES string of the molecule is Cc1nn(-c2ccccc2)c2cc(N3CCN(c4ccncc4)CC3)ccc12.Cl. The highest BCUT2D eigenvalue weighted by Crippen LogP contribution is 2.28. The quantitative estimate of drug-likeness (QED) is 0.503. The van der Waals surface area contributed by atoms with Gasteiger partial charge in [0.25, 0.3) is 0 Å². The van der Waals surface area contributed by atoms with Crippen molar-refractivity contribution in [1.29, 1.82) is 0 Å². The Balaban J connectivity index is 0.00000205. The molecule has 0 spiro atoms. The standard InChI is InChI=1S/C23H23N5.ClH/c1-18-22-8-7-21(17-23(22)28(25-18)20-5-3-2-4-6-20)27-15-13-26(14-16-27)19-9-11-24-12-10-19;/h2-12,17H,13-16H2,1H3;1H. The van der Waals surface area contributed by atoms with Crippen LogP contribution in [0.5, 0.6) is 0 Å². The van der Waals surface area contributed by atoms with Crippen LogP contribution in [0.3, 0.4) is 0 Å². The number of hydrogen-bond acceptors (Lipinski definition) is 4. The van der Waals surface area contributed by atoms with Crippen molar-refractivity contribution in [3.63, 3.8) is 0 Å². The number of rotatable bonds is 3. The molecule has 148 valence electrons. The zero-order valence-electron chi connectivity index (χ0n) is 16.4. The molecule has 5 rings (SSSR count). The summed E-state index contributed by atoms with van der Waals surface area (Å²) in [7, 11) is 0. The van der Waals surface area contributed by atoms with E-state index in [1.807, 2.05) is 18.5 Å². The summed E-state index contributed by atoms with van der Waals surface area (Å²) in [6.07, 6.45) is 3.73. The minimum absolute atomic E-state index is 0. The Morgan fingerprint density at radius 3 is 2.07 bits per heavy atom. The van der Waals surface area contributed by atoms with Gasteiger partial charge in [0.1, 0.15) is 0 Å². The van der Waals surface area contributed by atoms with Crippen molar-refractivity contribution in [1.82, 2.24) is 14.8 Å². The number of hydrogen-bond donors (Lipinski definition) is 0. The van der Waals surface area contributed by atoms with E-state index in [1.165, 1.54) is 16.8 Å². The van der Waals surface area contributed by atoms with Gasteiger partial charge < -0.3 is 9.80 Å². The predicted octanol–water partition coefficient (Wildman–Crippen LogP) is 4.48. The van der Waals surface area contributed by atoms with Gasteiger partial charge in [-0.1, -0.05) is 18.2 Å². The minimum atomic E-state index is 0. The van der Waals surface area contributed by atoms with Crippen molar-refractivity contribution in [3.05, 3.63) is 78.8 Å². The Bertz CT molecular complexity index is 1090. The van der Waals surface area contributed by atoms with Crippen molar-refractivity contribution in [2.24, 2.45) is 0 Å².